The van der Waals surface area contributed by atoms with Crippen LogP contribution in [-0.2, 0) is 19.2 Å². The molecule has 4 heterocycles. The topological polar surface area (TPSA) is 36.9 Å². The average molecular weight is 344 g/mol. The molecule has 4 aliphatic heterocycles. The minimum absolute atomic E-state index is 0.0439. The number of hydrogen-bond donors (Lipinski definition) is 0. The molecule has 2 bridgehead atoms. The first-order valence-corrected chi connectivity index (χ1v) is 9.78. The Labute approximate surface area is 149 Å². The van der Waals surface area contributed by atoms with E-state index in [4.69, 9.17) is 19.2 Å². The molecule has 0 radical (unpaired) electrons. The SMILES string of the molecule is C[C@@H]1C(c2ccccc2)O[C@@H]2O[C@@]3(C)CC[C@H]4[C@@H](C)CC[C@@H]1[C@]24OO3. The Morgan fingerprint density at radius 3 is 2.56 bits per heavy atom. The summed E-state index contributed by atoms with van der Waals surface area (Å²) in [6.45, 7) is 6.64. The van der Waals surface area contributed by atoms with Crippen molar-refractivity contribution in [3.05, 3.63) is 35.9 Å². The van der Waals surface area contributed by atoms with Crippen molar-refractivity contribution in [3.8, 4) is 0 Å². The normalized spacial score (nSPS) is 51.6. The Morgan fingerprint density at radius 2 is 1.76 bits per heavy atom. The second kappa shape index (κ2) is 5.53. The van der Waals surface area contributed by atoms with E-state index in [1.165, 1.54) is 12.0 Å². The summed E-state index contributed by atoms with van der Waals surface area (Å²) >= 11 is 0. The average Bonchev–Trinajstić information content (AvgIpc) is 2.85. The maximum absolute atomic E-state index is 6.62. The van der Waals surface area contributed by atoms with Crippen LogP contribution in [-0.4, -0.2) is 17.7 Å². The second-order valence-electron chi connectivity index (χ2n) is 8.74. The Bertz CT molecular complexity index is 649. The Kier molecular flexibility index (Phi) is 3.59. The molecular weight excluding hydrogens is 316 g/mol. The van der Waals surface area contributed by atoms with Crippen molar-refractivity contribution in [3.63, 3.8) is 0 Å². The van der Waals surface area contributed by atoms with E-state index in [0.29, 0.717) is 23.7 Å². The smallest absolute Gasteiger partial charge is 0.201 e. The lowest BCUT2D eigenvalue weighted by Gasteiger charge is -2.60. The Morgan fingerprint density at radius 1 is 0.960 bits per heavy atom. The van der Waals surface area contributed by atoms with Gasteiger partial charge in [-0.2, -0.15) is 0 Å². The lowest BCUT2D eigenvalue weighted by Crippen LogP contribution is -2.69. The number of fused-ring (bicyclic) bond motifs is 2. The zero-order valence-corrected chi connectivity index (χ0v) is 15.3. The van der Waals surface area contributed by atoms with Gasteiger partial charge in [0.25, 0.3) is 0 Å². The van der Waals surface area contributed by atoms with Gasteiger partial charge in [-0.3, -0.25) is 0 Å². The lowest BCUT2D eigenvalue weighted by atomic mass is 9.57. The van der Waals surface area contributed by atoms with Crippen LogP contribution in [0.15, 0.2) is 30.3 Å². The molecule has 1 saturated carbocycles. The van der Waals surface area contributed by atoms with Crippen LogP contribution < -0.4 is 0 Å². The van der Waals surface area contributed by atoms with Gasteiger partial charge in [0, 0.05) is 12.3 Å². The van der Waals surface area contributed by atoms with Gasteiger partial charge in [0.05, 0.1) is 6.10 Å². The zero-order valence-electron chi connectivity index (χ0n) is 15.3. The van der Waals surface area contributed by atoms with Crippen molar-refractivity contribution in [2.24, 2.45) is 23.7 Å². The third-order valence-corrected chi connectivity index (χ3v) is 7.29. The van der Waals surface area contributed by atoms with E-state index >= 15 is 0 Å². The highest BCUT2D eigenvalue weighted by Gasteiger charge is 2.69. The van der Waals surface area contributed by atoms with E-state index in [0.717, 1.165) is 19.3 Å². The largest absolute Gasteiger partial charge is 0.341 e. The van der Waals surface area contributed by atoms with Crippen molar-refractivity contribution in [1.82, 2.24) is 0 Å². The summed E-state index contributed by atoms with van der Waals surface area (Å²) in [5, 5.41) is 0. The number of rotatable bonds is 1. The van der Waals surface area contributed by atoms with Crippen molar-refractivity contribution in [2.45, 2.75) is 70.2 Å². The molecule has 1 aliphatic carbocycles. The maximum atomic E-state index is 6.62. The molecule has 1 aromatic carbocycles. The summed E-state index contributed by atoms with van der Waals surface area (Å²) in [6, 6.07) is 10.6. The van der Waals surface area contributed by atoms with Gasteiger partial charge in [-0.15, -0.1) is 0 Å². The summed E-state index contributed by atoms with van der Waals surface area (Å²) in [5.41, 5.74) is 0.771. The lowest BCUT2D eigenvalue weighted by molar-refractivity contribution is -0.571. The number of ether oxygens (including phenoxy) is 2. The molecule has 25 heavy (non-hydrogen) atoms. The minimum atomic E-state index is -0.695. The summed E-state index contributed by atoms with van der Waals surface area (Å²) < 4.78 is 13.0. The first-order valence-electron chi connectivity index (χ1n) is 9.78. The van der Waals surface area contributed by atoms with Gasteiger partial charge in [-0.05, 0) is 49.5 Å². The van der Waals surface area contributed by atoms with Crippen LogP contribution in [0.4, 0.5) is 0 Å². The molecule has 6 rings (SSSR count). The third-order valence-electron chi connectivity index (χ3n) is 7.29. The van der Waals surface area contributed by atoms with Crippen LogP contribution in [0.5, 0.6) is 0 Å². The quantitative estimate of drug-likeness (QED) is 0.697. The molecule has 4 heteroatoms. The van der Waals surface area contributed by atoms with Crippen molar-refractivity contribution >= 4 is 0 Å². The predicted octanol–water partition coefficient (Wildman–Crippen LogP) is 4.61. The highest BCUT2D eigenvalue weighted by Crippen LogP contribution is 2.62. The molecule has 0 N–H and O–H groups in total. The van der Waals surface area contributed by atoms with Gasteiger partial charge in [-0.1, -0.05) is 44.2 Å². The molecule has 4 nitrogen and oxygen atoms in total. The van der Waals surface area contributed by atoms with Crippen LogP contribution in [0.25, 0.3) is 0 Å². The minimum Gasteiger partial charge on any atom is -0.341 e. The summed E-state index contributed by atoms with van der Waals surface area (Å²) in [4.78, 5) is 12.1. The molecule has 1 spiro atoms. The van der Waals surface area contributed by atoms with Gasteiger partial charge in [0.15, 0.2) is 11.9 Å². The summed E-state index contributed by atoms with van der Waals surface area (Å²) in [6.07, 6.45) is 4.02. The van der Waals surface area contributed by atoms with E-state index in [2.05, 4.69) is 44.2 Å². The molecular formula is C21H28O4. The van der Waals surface area contributed by atoms with Crippen molar-refractivity contribution in [2.75, 3.05) is 0 Å². The molecule has 0 aromatic heterocycles. The van der Waals surface area contributed by atoms with Gasteiger partial charge < -0.3 is 9.47 Å². The third kappa shape index (κ3) is 2.21. The maximum Gasteiger partial charge on any atom is 0.201 e. The molecule has 5 fully saturated rings. The number of benzene rings is 1. The van der Waals surface area contributed by atoms with Crippen LogP contribution in [0.2, 0.25) is 0 Å². The van der Waals surface area contributed by atoms with Crippen LogP contribution in [0.3, 0.4) is 0 Å². The molecule has 8 atom stereocenters. The standard InChI is InChI=1S/C21H28O4/c1-13-9-10-17-14(2)18(15-7-5-4-6-8-15)22-19-21(17)16(13)11-12-20(3,23-19)24-25-21/h4-8,13-14,16-19H,9-12H2,1-3H3/t13-,14-,16-,17-,18?,19+,20+,21-/m0/s1. The van der Waals surface area contributed by atoms with Crippen LogP contribution in [0.1, 0.15) is 58.1 Å². The molecule has 4 saturated heterocycles. The summed E-state index contributed by atoms with van der Waals surface area (Å²) in [5.74, 6) is 1.10. The monoisotopic (exact) mass is 344 g/mol. The Balaban J connectivity index is 1.59. The highest BCUT2D eigenvalue weighted by molar-refractivity contribution is 5.21. The fourth-order valence-electron chi connectivity index (χ4n) is 5.93. The van der Waals surface area contributed by atoms with E-state index < -0.39 is 11.4 Å². The predicted molar refractivity (Wildman–Crippen MR) is 92.2 cm³/mol. The van der Waals surface area contributed by atoms with Gasteiger partial charge in [0.1, 0.15) is 0 Å². The molecule has 136 valence electrons. The van der Waals surface area contributed by atoms with Crippen LogP contribution >= 0.6 is 0 Å². The fraction of sp³-hybridized carbons (Fsp3) is 0.714. The van der Waals surface area contributed by atoms with Crippen molar-refractivity contribution in [1.29, 1.82) is 0 Å². The van der Waals surface area contributed by atoms with Crippen molar-refractivity contribution < 1.29 is 19.2 Å². The first kappa shape index (κ1) is 16.2. The second-order valence-corrected chi connectivity index (χ2v) is 8.74. The van der Waals surface area contributed by atoms with E-state index in [1.54, 1.807) is 0 Å². The highest BCUT2D eigenvalue weighted by atomic mass is 17.3. The van der Waals surface area contributed by atoms with E-state index in [9.17, 15) is 0 Å². The molecule has 1 aromatic rings. The van der Waals surface area contributed by atoms with Gasteiger partial charge >= 0.3 is 0 Å². The van der Waals surface area contributed by atoms with Crippen LogP contribution in [0, 0.1) is 23.7 Å². The number of hydrogen-bond acceptors (Lipinski definition) is 4. The fourth-order valence-corrected chi connectivity index (χ4v) is 5.93. The van der Waals surface area contributed by atoms with Gasteiger partial charge in [0.2, 0.25) is 5.79 Å². The van der Waals surface area contributed by atoms with E-state index in [-0.39, 0.29) is 12.4 Å². The van der Waals surface area contributed by atoms with Gasteiger partial charge in [-0.25, -0.2) is 9.78 Å². The molecule has 5 aliphatic rings. The van der Waals surface area contributed by atoms with E-state index in [1.807, 2.05) is 6.92 Å². The molecule has 1 unspecified atom stereocenters. The summed E-state index contributed by atoms with van der Waals surface area (Å²) in [7, 11) is 0. The Hall–Kier alpha value is -0.940. The first-order chi connectivity index (χ1) is 12.0. The molecule has 0 amide bonds. The zero-order chi connectivity index (χ0) is 17.2.